The highest BCUT2D eigenvalue weighted by molar-refractivity contribution is 7.99. The molecule has 6 nitrogen and oxygen atoms in total. The Hall–Kier alpha value is -2.82. The van der Waals surface area contributed by atoms with Crippen molar-refractivity contribution < 1.29 is 9.47 Å². The van der Waals surface area contributed by atoms with Crippen molar-refractivity contribution in [2.45, 2.75) is 30.6 Å². The highest BCUT2D eigenvalue weighted by atomic mass is 32.2. The molecule has 1 fully saturated rings. The van der Waals surface area contributed by atoms with E-state index in [2.05, 4.69) is 6.07 Å². The van der Waals surface area contributed by atoms with Gasteiger partial charge in [-0.05, 0) is 43.2 Å². The van der Waals surface area contributed by atoms with Gasteiger partial charge in [-0.1, -0.05) is 30.0 Å². The molecular formula is C22H21N3O3S. The van der Waals surface area contributed by atoms with Crippen LogP contribution in [0.25, 0.3) is 10.9 Å². The van der Waals surface area contributed by atoms with Crippen LogP contribution in [0.15, 0.2) is 58.5 Å². The molecule has 1 saturated heterocycles. The van der Waals surface area contributed by atoms with Gasteiger partial charge in [-0.25, -0.2) is 4.98 Å². The number of fused-ring (bicyclic) bond motifs is 1. The molecule has 0 radical (unpaired) electrons. The van der Waals surface area contributed by atoms with Crippen LogP contribution in [-0.2, 0) is 11.3 Å². The van der Waals surface area contributed by atoms with E-state index in [1.165, 1.54) is 11.8 Å². The van der Waals surface area contributed by atoms with Crippen LogP contribution in [0.2, 0.25) is 0 Å². The number of aromatic nitrogens is 2. The lowest BCUT2D eigenvalue weighted by atomic mass is 10.2. The molecule has 1 aromatic heterocycles. The SMILES string of the molecule is N#Cc1cccc(OCCSc2nc3ccccc3c(=O)n2CC2CCCO2)c1. The fourth-order valence-corrected chi connectivity index (χ4v) is 4.18. The number of benzene rings is 2. The predicted octanol–water partition coefficient (Wildman–Crippen LogP) is 3.62. The number of hydrogen-bond acceptors (Lipinski definition) is 6. The number of para-hydroxylation sites is 1. The van der Waals surface area contributed by atoms with Crippen molar-refractivity contribution in [3.05, 3.63) is 64.4 Å². The molecule has 29 heavy (non-hydrogen) atoms. The third-order valence-electron chi connectivity index (χ3n) is 4.78. The Morgan fingerprint density at radius 1 is 1.28 bits per heavy atom. The predicted molar refractivity (Wildman–Crippen MR) is 112 cm³/mol. The lowest BCUT2D eigenvalue weighted by Gasteiger charge is -2.16. The fourth-order valence-electron chi connectivity index (χ4n) is 3.36. The Morgan fingerprint density at radius 3 is 3.00 bits per heavy atom. The summed E-state index contributed by atoms with van der Waals surface area (Å²) in [6, 6.07) is 16.6. The van der Waals surface area contributed by atoms with Crippen LogP contribution < -0.4 is 10.3 Å². The van der Waals surface area contributed by atoms with Gasteiger partial charge in [0.15, 0.2) is 5.16 Å². The largest absolute Gasteiger partial charge is 0.493 e. The molecule has 148 valence electrons. The fraction of sp³-hybridized carbons (Fsp3) is 0.318. The van der Waals surface area contributed by atoms with E-state index in [1.54, 1.807) is 22.8 Å². The molecule has 0 amide bonds. The zero-order valence-electron chi connectivity index (χ0n) is 15.9. The van der Waals surface area contributed by atoms with Crippen LogP contribution in [0.5, 0.6) is 5.75 Å². The van der Waals surface area contributed by atoms with Gasteiger partial charge in [-0.2, -0.15) is 5.26 Å². The standard InChI is InChI=1S/C22H21N3O3S/c23-14-16-5-3-6-17(13-16)28-11-12-29-22-24-20-9-2-1-8-19(20)21(26)25(22)15-18-7-4-10-27-18/h1-3,5-6,8-9,13,18H,4,7,10-12,15H2. The molecule has 0 N–H and O–H groups in total. The molecule has 0 bridgehead atoms. The van der Waals surface area contributed by atoms with Gasteiger partial charge in [0.1, 0.15) is 5.75 Å². The monoisotopic (exact) mass is 407 g/mol. The van der Waals surface area contributed by atoms with Gasteiger partial charge in [0, 0.05) is 12.4 Å². The Kier molecular flexibility index (Phi) is 6.13. The lowest BCUT2D eigenvalue weighted by molar-refractivity contribution is 0.0937. The molecule has 1 atom stereocenters. The summed E-state index contributed by atoms with van der Waals surface area (Å²) in [6.07, 6.45) is 2.04. The van der Waals surface area contributed by atoms with Crippen molar-refractivity contribution >= 4 is 22.7 Å². The Labute approximate surface area is 173 Å². The molecule has 1 unspecified atom stereocenters. The number of rotatable bonds is 7. The summed E-state index contributed by atoms with van der Waals surface area (Å²) in [5.41, 5.74) is 1.24. The van der Waals surface area contributed by atoms with Crippen molar-refractivity contribution in [1.82, 2.24) is 9.55 Å². The Bertz CT molecular complexity index is 1100. The van der Waals surface area contributed by atoms with Crippen LogP contribution >= 0.6 is 11.8 Å². The molecule has 7 heteroatoms. The van der Waals surface area contributed by atoms with Crippen LogP contribution in [0.4, 0.5) is 0 Å². The van der Waals surface area contributed by atoms with Crippen LogP contribution in [0.3, 0.4) is 0 Å². The third kappa shape index (κ3) is 4.61. The molecule has 4 rings (SSSR count). The van der Waals surface area contributed by atoms with E-state index in [9.17, 15) is 4.79 Å². The average Bonchev–Trinajstić information content (AvgIpc) is 3.27. The average molecular weight is 407 g/mol. The summed E-state index contributed by atoms with van der Waals surface area (Å²) >= 11 is 1.49. The Morgan fingerprint density at radius 2 is 2.17 bits per heavy atom. The zero-order valence-corrected chi connectivity index (χ0v) is 16.7. The van der Waals surface area contributed by atoms with E-state index in [0.29, 0.717) is 46.3 Å². The smallest absolute Gasteiger partial charge is 0.262 e. The van der Waals surface area contributed by atoms with Crippen molar-refractivity contribution in [2.24, 2.45) is 0 Å². The van der Waals surface area contributed by atoms with E-state index in [1.807, 2.05) is 30.3 Å². The number of thioether (sulfide) groups is 1. The van der Waals surface area contributed by atoms with Crippen molar-refractivity contribution in [1.29, 1.82) is 5.26 Å². The molecule has 3 aromatic rings. The molecule has 0 spiro atoms. The molecule has 1 aliphatic heterocycles. The first kappa shape index (κ1) is 19.5. The first-order valence-corrected chi connectivity index (χ1v) is 10.6. The van der Waals surface area contributed by atoms with Gasteiger partial charge in [0.2, 0.25) is 0 Å². The van der Waals surface area contributed by atoms with E-state index in [4.69, 9.17) is 19.7 Å². The first-order chi connectivity index (χ1) is 14.2. The number of ether oxygens (including phenoxy) is 2. The second kappa shape index (κ2) is 9.12. The second-order valence-corrected chi connectivity index (χ2v) is 7.86. The zero-order chi connectivity index (χ0) is 20.1. The van der Waals surface area contributed by atoms with Gasteiger partial charge < -0.3 is 9.47 Å². The van der Waals surface area contributed by atoms with E-state index in [-0.39, 0.29) is 11.7 Å². The van der Waals surface area contributed by atoms with Crippen molar-refractivity contribution in [2.75, 3.05) is 19.0 Å². The maximum Gasteiger partial charge on any atom is 0.262 e. The minimum atomic E-state index is -0.0313. The van der Waals surface area contributed by atoms with Gasteiger partial charge in [0.05, 0.1) is 41.8 Å². The van der Waals surface area contributed by atoms with Crippen molar-refractivity contribution in [3.8, 4) is 11.8 Å². The topological polar surface area (TPSA) is 77.1 Å². The summed E-state index contributed by atoms with van der Waals surface area (Å²) in [5.74, 6) is 1.29. The number of nitrogens with zero attached hydrogens (tertiary/aromatic N) is 3. The molecule has 0 aliphatic carbocycles. The maximum atomic E-state index is 13.1. The van der Waals surface area contributed by atoms with Crippen LogP contribution in [-0.4, -0.2) is 34.6 Å². The van der Waals surface area contributed by atoms with Crippen molar-refractivity contribution in [3.63, 3.8) is 0 Å². The molecule has 0 saturated carbocycles. The van der Waals surface area contributed by atoms with E-state index >= 15 is 0 Å². The minimum absolute atomic E-state index is 0.0313. The van der Waals surface area contributed by atoms with Gasteiger partial charge in [-0.15, -0.1) is 0 Å². The number of nitriles is 1. The Balaban J connectivity index is 1.50. The maximum absolute atomic E-state index is 13.1. The molecular weight excluding hydrogens is 386 g/mol. The summed E-state index contributed by atoms with van der Waals surface area (Å²) in [6.45, 7) is 1.71. The molecule has 2 aromatic carbocycles. The van der Waals surface area contributed by atoms with Gasteiger partial charge >= 0.3 is 0 Å². The summed E-state index contributed by atoms with van der Waals surface area (Å²) in [5, 5.41) is 10.3. The second-order valence-electron chi connectivity index (χ2n) is 6.80. The van der Waals surface area contributed by atoms with Crippen LogP contribution in [0.1, 0.15) is 18.4 Å². The lowest BCUT2D eigenvalue weighted by Crippen LogP contribution is -2.29. The van der Waals surface area contributed by atoms with E-state index in [0.717, 1.165) is 19.4 Å². The molecule has 2 heterocycles. The highest BCUT2D eigenvalue weighted by Crippen LogP contribution is 2.21. The van der Waals surface area contributed by atoms with Gasteiger partial charge in [-0.3, -0.25) is 9.36 Å². The summed E-state index contributed by atoms with van der Waals surface area (Å²) < 4.78 is 13.2. The minimum Gasteiger partial charge on any atom is -0.493 e. The highest BCUT2D eigenvalue weighted by Gasteiger charge is 2.20. The quantitative estimate of drug-likeness (QED) is 0.338. The summed E-state index contributed by atoms with van der Waals surface area (Å²) in [7, 11) is 0. The summed E-state index contributed by atoms with van der Waals surface area (Å²) in [4.78, 5) is 17.8. The third-order valence-corrected chi connectivity index (χ3v) is 5.72. The van der Waals surface area contributed by atoms with Crippen LogP contribution in [0, 0.1) is 11.3 Å². The van der Waals surface area contributed by atoms with Gasteiger partial charge in [0.25, 0.3) is 5.56 Å². The van der Waals surface area contributed by atoms with E-state index < -0.39 is 0 Å². The normalized spacial score (nSPS) is 16.0. The number of hydrogen-bond donors (Lipinski definition) is 0. The molecule has 1 aliphatic rings. The first-order valence-electron chi connectivity index (χ1n) is 9.61.